The van der Waals surface area contributed by atoms with Gasteiger partial charge in [0.1, 0.15) is 11.5 Å². The molecule has 0 fully saturated rings. The molecule has 2 aromatic rings. The summed E-state index contributed by atoms with van der Waals surface area (Å²) >= 11 is 0. The minimum atomic E-state index is -0.468. The van der Waals surface area contributed by atoms with E-state index < -0.39 is 6.10 Å². The number of rotatable bonds is 3. The SMILES string of the molecule is O=C(NCc1cccc(O)c1)C1Cc2ccccc2O1. The van der Waals surface area contributed by atoms with Crippen LogP contribution in [0.4, 0.5) is 0 Å². The number of nitrogens with one attached hydrogen (secondary N) is 1. The zero-order chi connectivity index (χ0) is 13.9. The van der Waals surface area contributed by atoms with Crippen LogP contribution in [-0.4, -0.2) is 17.1 Å². The van der Waals surface area contributed by atoms with Crippen LogP contribution in [0.1, 0.15) is 11.1 Å². The fourth-order valence-corrected chi connectivity index (χ4v) is 2.30. The van der Waals surface area contributed by atoms with Gasteiger partial charge < -0.3 is 15.2 Å². The number of hydrogen-bond acceptors (Lipinski definition) is 3. The molecular formula is C16H15NO3. The maximum Gasteiger partial charge on any atom is 0.261 e. The molecule has 0 aromatic heterocycles. The maximum absolute atomic E-state index is 12.1. The summed E-state index contributed by atoms with van der Waals surface area (Å²) in [7, 11) is 0. The van der Waals surface area contributed by atoms with E-state index in [1.807, 2.05) is 30.3 Å². The Kier molecular flexibility index (Phi) is 3.29. The molecule has 4 nitrogen and oxygen atoms in total. The second kappa shape index (κ2) is 5.25. The Balaban J connectivity index is 1.59. The van der Waals surface area contributed by atoms with E-state index in [9.17, 15) is 9.90 Å². The highest BCUT2D eigenvalue weighted by molar-refractivity contribution is 5.82. The normalized spacial score (nSPS) is 16.3. The minimum Gasteiger partial charge on any atom is -0.508 e. The summed E-state index contributed by atoms with van der Waals surface area (Å²) in [6.45, 7) is 0.378. The Labute approximate surface area is 117 Å². The molecule has 0 bridgehead atoms. The highest BCUT2D eigenvalue weighted by atomic mass is 16.5. The van der Waals surface area contributed by atoms with Crippen molar-refractivity contribution in [3.63, 3.8) is 0 Å². The van der Waals surface area contributed by atoms with Crippen molar-refractivity contribution >= 4 is 5.91 Å². The Hall–Kier alpha value is -2.49. The molecule has 2 N–H and O–H groups in total. The number of carbonyl (C=O) groups excluding carboxylic acids is 1. The topological polar surface area (TPSA) is 58.6 Å². The molecule has 0 spiro atoms. The molecule has 2 aromatic carbocycles. The van der Waals surface area contributed by atoms with Gasteiger partial charge in [0, 0.05) is 13.0 Å². The van der Waals surface area contributed by atoms with Gasteiger partial charge in [0.05, 0.1) is 0 Å². The molecule has 1 heterocycles. The number of ether oxygens (including phenoxy) is 1. The van der Waals surface area contributed by atoms with Crippen molar-refractivity contribution in [1.29, 1.82) is 0 Å². The van der Waals surface area contributed by atoms with Gasteiger partial charge in [0.2, 0.25) is 0 Å². The van der Waals surface area contributed by atoms with Crippen LogP contribution in [0, 0.1) is 0 Å². The lowest BCUT2D eigenvalue weighted by Gasteiger charge is -2.11. The van der Waals surface area contributed by atoms with E-state index in [1.54, 1.807) is 18.2 Å². The van der Waals surface area contributed by atoms with Gasteiger partial charge in [-0.1, -0.05) is 30.3 Å². The second-order valence-electron chi connectivity index (χ2n) is 4.81. The monoisotopic (exact) mass is 269 g/mol. The molecule has 0 radical (unpaired) electrons. The van der Waals surface area contributed by atoms with Crippen molar-refractivity contribution in [2.75, 3.05) is 0 Å². The van der Waals surface area contributed by atoms with Crippen molar-refractivity contribution in [3.8, 4) is 11.5 Å². The standard InChI is InChI=1S/C16H15NO3/c18-13-6-3-4-11(8-13)10-17-16(19)15-9-12-5-1-2-7-14(12)20-15/h1-8,15,18H,9-10H2,(H,17,19). The minimum absolute atomic E-state index is 0.135. The zero-order valence-corrected chi connectivity index (χ0v) is 10.9. The van der Waals surface area contributed by atoms with E-state index in [0.717, 1.165) is 16.9 Å². The molecule has 0 saturated carbocycles. The van der Waals surface area contributed by atoms with E-state index in [0.29, 0.717) is 13.0 Å². The fourth-order valence-electron chi connectivity index (χ4n) is 2.30. The molecule has 102 valence electrons. The van der Waals surface area contributed by atoms with Crippen LogP contribution in [0.25, 0.3) is 0 Å². The lowest BCUT2D eigenvalue weighted by atomic mass is 10.1. The van der Waals surface area contributed by atoms with Gasteiger partial charge in [-0.3, -0.25) is 4.79 Å². The quantitative estimate of drug-likeness (QED) is 0.896. The van der Waals surface area contributed by atoms with Gasteiger partial charge in [-0.2, -0.15) is 0 Å². The lowest BCUT2D eigenvalue weighted by molar-refractivity contribution is -0.127. The van der Waals surface area contributed by atoms with Gasteiger partial charge in [-0.25, -0.2) is 0 Å². The number of hydrogen-bond donors (Lipinski definition) is 2. The van der Waals surface area contributed by atoms with Gasteiger partial charge in [0.25, 0.3) is 5.91 Å². The van der Waals surface area contributed by atoms with Crippen LogP contribution >= 0.6 is 0 Å². The predicted octanol–water partition coefficient (Wildman–Crippen LogP) is 2.01. The fraction of sp³-hybridized carbons (Fsp3) is 0.188. The average molecular weight is 269 g/mol. The molecular weight excluding hydrogens is 254 g/mol. The summed E-state index contributed by atoms with van der Waals surface area (Å²) in [5.41, 5.74) is 1.92. The van der Waals surface area contributed by atoms with Gasteiger partial charge in [-0.15, -0.1) is 0 Å². The Morgan fingerprint density at radius 3 is 2.90 bits per heavy atom. The third-order valence-electron chi connectivity index (χ3n) is 3.32. The maximum atomic E-state index is 12.1. The van der Waals surface area contributed by atoms with E-state index in [1.165, 1.54) is 0 Å². The van der Waals surface area contributed by atoms with Crippen LogP contribution in [0.15, 0.2) is 48.5 Å². The van der Waals surface area contributed by atoms with Crippen molar-refractivity contribution in [1.82, 2.24) is 5.32 Å². The van der Waals surface area contributed by atoms with Crippen molar-refractivity contribution in [2.45, 2.75) is 19.1 Å². The summed E-state index contributed by atoms with van der Waals surface area (Å²) in [5.74, 6) is 0.843. The Morgan fingerprint density at radius 1 is 1.25 bits per heavy atom. The number of phenols is 1. The van der Waals surface area contributed by atoms with Crippen LogP contribution in [-0.2, 0) is 17.8 Å². The molecule has 1 atom stereocenters. The molecule has 4 heteroatoms. The van der Waals surface area contributed by atoms with Crippen LogP contribution in [0.2, 0.25) is 0 Å². The van der Waals surface area contributed by atoms with Gasteiger partial charge in [-0.05, 0) is 29.3 Å². The summed E-state index contributed by atoms with van der Waals surface area (Å²) in [5, 5.41) is 12.2. The summed E-state index contributed by atoms with van der Waals surface area (Å²) in [6.07, 6.45) is 0.131. The second-order valence-corrected chi connectivity index (χ2v) is 4.81. The van der Waals surface area contributed by atoms with E-state index in [2.05, 4.69) is 5.32 Å². The molecule has 0 saturated heterocycles. The Morgan fingerprint density at radius 2 is 2.10 bits per heavy atom. The van der Waals surface area contributed by atoms with Crippen molar-refractivity contribution < 1.29 is 14.6 Å². The number of benzene rings is 2. The largest absolute Gasteiger partial charge is 0.508 e. The van der Waals surface area contributed by atoms with E-state index in [-0.39, 0.29) is 11.7 Å². The highest BCUT2D eigenvalue weighted by Gasteiger charge is 2.28. The molecule has 0 aliphatic carbocycles. The molecule has 3 rings (SSSR count). The number of para-hydroxylation sites is 1. The first-order valence-corrected chi connectivity index (χ1v) is 6.52. The van der Waals surface area contributed by atoms with E-state index >= 15 is 0 Å². The van der Waals surface area contributed by atoms with Crippen LogP contribution in [0.5, 0.6) is 11.5 Å². The van der Waals surface area contributed by atoms with Crippen LogP contribution < -0.4 is 10.1 Å². The predicted molar refractivity (Wildman–Crippen MR) is 74.5 cm³/mol. The van der Waals surface area contributed by atoms with Gasteiger partial charge >= 0.3 is 0 Å². The molecule has 20 heavy (non-hydrogen) atoms. The van der Waals surface area contributed by atoms with Gasteiger partial charge in [0.15, 0.2) is 6.10 Å². The van der Waals surface area contributed by atoms with E-state index in [4.69, 9.17) is 4.74 Å². The highest BCUT2D eigenvalue weighted by Crippen LogP contribution is 2.28. The third-order valence-corrected chi connectivity index (χ3v) is 3.32. The zero-order valence-electron chi connectivity index (χ0n) is 10.9. The molecule has 1 unspecified atom stereocenters. The molecule has 1 aliphatic heterocycles. The summed E-state index contributed by atoms with van der Waals surface area (Å²) in [4.78, 5) is 12.1. The number of amides is 1. The first-order chi connectivity index (χ1) is 9.72. The smallest absolute Gasteiger partial charge is 0.261 e. The summed E-state index contributed by atoms with van der Waals surface area (Å²) < 4.78 is 5.62. The number of aromatic hydroxyl groups is 1. The van der Waals surface area contributed by atoms with Crippen molar-refractivity contribution in [2.24, 2.45) is 0 Å². The van der Waals surface area contributed by atoms with Crippen molar-refractivity contribution in [3.05, 3.63) is 59.7 Å². The first-order valence-electron chi connectivity index (χ1n) is 6.52. The number of fused-ring (bicyclic) bond motifs is 1. The molecule has 1 aliphatic rings. The first kappa shape index (κ1) is 12.5. The number of carbonyl (C=O) groups is 1. The Bertz CT molecular complexity index is 614. The summed E-state index contributed by atoms with van der Waals surface area (Å²) in [6, 6.07) is 14.5. The molecule has 1 amide bonds. The average Bonchev–Trinajstić information content (AvgIpc) is 2.89. The number of phenolic OH excluding ortho intramolecular Hbond substituents is 1. The lowest BCUT2D eigenvalue weighted by Crippen LogP contribution is -2.36. The van der Waals surface area contributed by atoms with Crippen LogP contribution in [0.3, 0.4) is 0 Å². The third kappa shape index (κ3) is 2.59.